The zero-order valence-corrected chi connectivity index (χ0v) is 22.1. The summed E-state index contributed by atoms with van der Waals surface area (Å²) in [6, 6.07) is 2.63. The Labute approximate surface area is 219 Å². The highest BCUT2D eigenvalue weighted by Gasteiger charge is 2.43. The number of carbonyl (C=O) groups excluding carboxylic acids is 2. The molecule has 0 aliphatic carbocycles. The molecule has 3 N–H and O–H groups in total. The number of halogens is 2. The molecule has 11 heteroatoms. The Morgan fingerprint density at radius 2 is 2.00 bits per heavy atom. The van der Waals surface area contributed by atoms with Crippen LogP contribution in [0.15, 0.2) is 24.5 Å². The van der Waals surface area contributed by atoms with Crippen LogP contribution in [0.4, 0.5) is 10.1 Å². The van der Waals surface area contributed by atoms with Crippen molar-refractivity contribution in [1.82, 2.24) is 19.8 Å². The number of aliphatic hydroxyl groups is 2. The molecule has 0 bridgehead atoms. The maximum Gasteiger partial charge on any atom is 0.249 e. The molecule has 2 aliphatic heterocycles. The van der Waals surface area contributed by atoms with Gasteiger partial charge in [-0.3, -0.25) is 19.5 Å². The third kappa shape index (κ3) is 5.29. The number of hydrogen-bond donors (Lipinski definition) is 2. The fraction of sp³-hybridized carbons (Fsp3) is 0.500. The molecular weight excluding hydrogens is 501 g/mol. The molecule has 9 nitrogen and oxygen atoms in total. The zero-order chi connectivity index (χ0) is 26.5. The second kappa shape index (κ2) is 9.83. The number of ether oxygens (including phenoxy) is 2. The van der Waals surface area contributed by atoms with Gasteiger partial charge in [-0.05, 0) is 26.0 Å². The quantitative estimate of drug-likeness (QED) is 0.503. The summed E-state index contributed by atoms with van der Waals surface area (Å²) in [5.41, 5.74) is 1.08. The molecule has 2 amide bonds. The monoisotopic (exact) mass is 532 g/mol. The van der Waals surface area contributed by atoms with Crippen molar-refractivity contribution < 1.29 is 23.5 Å². The summed E-state index contributed by atoms with van der Waals surface area (Å²) in [6.07, 6.45) is 2.59. The summed E-state index contributed by atoms with van der Waals surface area (Å²) in [7, 11) is 0. The van der Waals surface area contributed by atoms with Crippen LogP contribution in [-0.2, 0) is 14.3 Å². The molecule has 2 aromatic heterocycles. The van der Waals surface area contributed by atoms with Crippen molar-refractivity contribution in [3.05, 3.63) is 35.4 Å². The molecule has 2 aliphatic rings. The highest BCUT2D eigenvalue weighted by atomic mass is 35.5. The van der Waals surface area contributed by atoms with E-state index in [0.717, 1.165) is 6.20 Å². The van der Waals surface area contributed by atoms with Gasteiger partial charge < -0.3 is 24.7 Å². The van der Waals surface area contributed by atoms with Crippen LogP contribution < -0.4 is 5.32 Å². The van der Waals surface area contributed by atoms with E-state index in [0.29, 0.717) is 52.2 Å². The van der Waals surface area contributed by atoms with Crippen LogP contribution in [0.1, 0.15) is 27.7 Å². The molecule has 1 aromatic carbocycles. The molecule has 1 unspecified atom stereocenters. The van der Waals surface area contributed by atoms with Crippen LogP contribution in [0.5, 0.6) is 0 Å². The van der Waals surface area contributed by atoms with E-state index in [4.69, 9.17) is 16.3 Å². The normalized spacial score (nSPS) is 24.5. The van der Waals surface area contributed by atoms with Gasteiger partial charge in [-0.2, -0.15) is 0 Å². The van der Waals surface area contributed by atoms with E-state index in [1.165, 1.54) is 6.20 Å². The van der Waals surface area contributed by atoms with E-state index in [9.17, 15) is 14.0 Å². The number of benzene rings is 1. The number of amides is 2. The average Bonchev–Trinajstić information content (AvgIpc) is 3.17. The van der Waals surface area contributed by atoms with Gasteiger partial charge in [0.2, 0.25) is 11.8 Å². The van der Waals surface area contributed by atoms with Gasteiger partial charge in [0, 0.05) is 42.7 Å². The number of aromatic amines is 1. The predicted octanol–water partition coefficient (Wildman–Crippen LogP) is 3.07. The molecule has 37 heavy (non-hydrogen) atoms. The van der Waals surface area contributed by atoms with Gasteiger partial charge in [0.1, 0.15) is 0 Å². The molecule has 2 fully saturated rings. The number of nitrogens with one attached hydrogen (secondary N) is 2. The van der Waals surface area contributed by atoms with Crippen molar-refractivity contribution in [1.29, 1.82) is 0 Å². The highest BCUT2D eigenvalue weighted by molar-refractivity contribution is 6.33. The largest absolute Gasteiger partial charge is 0.427 e. The number of aromatic nitrogens is 2. The van der Waals surface area contributed by atoms with E-state index < -0.39 is 17.5 Å². The number of fused-ring (bicyclic) bond motifs is 3. The molecule has 0 spiro atoms. The molecular formula is C26H32ClFN5O4+. The van der Waals surface area contributed by atoms with Crippen molar-refractivity contribution in [3.8, 4) is 0 Å². The summed E-state index contributed by atoms with van der Waals surface area (Å²) in [5, 5.41) is 4.22. The molecule has 2 saturated heterocycles. The van der Waals surface area contributed by atoms with E-state index in [-0.39, 0.29) is 37.2 Å². The smallest absolute Gasteiger partial charge is 0.249 e. The second-order valence-corrected chi connectivity index (χ2v) is 11.1. The summed E-state index contributed by atoms with van der Waals surface area (Å²) >= 11 is 6.35. The van der Waals surface area contributed by atoms with Gasteiger partial charge in [-0.15, -0.1) is 0 Å². The molecule has 3 atom stereocenters. The summed E-state index contributed by atoms with van der Waals surface area (Å²) in [5.74, 6) is -0.828. The fourth-order valence-electron chi connectivity index (χ4n) is 5.37. The average molecular weight is 533 g/mol. The first-order valence-electron chi connectivity index (χ1n) is 12.4. The lowest BCUT2D eigenvalue weighted by atomic mass is 10.0. The predicted molar refractivity (Wildman–Crippen MR) is 140 cm³/mol. The highest BCUT2D eigenvalue weighted by Crippen LogP contribution is 2.34. The first kappa shape index (κ1) is 25.8. The number of anilines is 1. The van der Waals surface area contributed by atoms with Crippen molar-refractivity contribution in [2.75, 3.05) is 38.1 Å². The number of nitrogens with zero attached hydrogens (tertiary/aromatic N) is 3. The maximum atomic E-state index is 14.5. The van der Waals surface area contributed by atoms with Crippen LogP contribution in [0.3, 0.4) is 0 Å². The van der Waals surface area contributed by atoms with Gasteiger partial charge >= 0.3 is 0 Å². The SMILES string of the molecule is C[C@@H]1CN(C(=O)CN2CC(C)(C)[OH+]CC2C(=O)Nc2cc(Cl)cc3c2[nH]c2cncc(F)c23)C[C@H](C)O1. The van der Waals surface area contributed by atoms with Crippen molar-refractivity contribution in [2.24, 2.45) is 0 Å². The molecule has 3 aromatic rings. The van der Waals surface area contributed by atoms with Gasteiger partial charge in [0.25, 0.3) is 0 Å². The lowest BCUT2D eigenvalue weighted by Gasteiger charge is -2.41. The summed E-state index contributed by atoms with van der Waals surface area (Å²) in [6.45, 7) is 9.74. The van der Waals surface area contributed by atoms with Crippen LogP contribution in [0.2, 0.25) is 5.02 Å². The number of H-pyrrole nitrogens is 1. The lowest BCUT2D eigenvalue weighted by Crippen LogP contribution is -2.62. The second-order valence-electron chi connectivity index (χ2n) is 10.7. The number of pyridine rings is 1. The Hall–Kier alpha value is -2.79. The minimum absolute atomic E-state index is 0.0405. The summed E-state index contributed by atoms with van der Waals surface area (Å²) < 4.78 is 25.0. The first-order valence-corrected chi connectivity index (χ1v) is 12.8. The Morgan fingerprint density at radius 1 is 1.27 bits per heavy atom. The van der Waals surface area contributed by atoms with Gasteiger partial charge in [0.15, 0.2) is 24.1 Å². The number of morpholine rings is 2. The van der Waals surface area contributed by atoms with E-state index in [1.54, 1.807) is 17.0 Å². The number of hydrogen-bond acceptors (Lipinski definition) is 5. The van der Waals surface area contributed by atoms with Crippen LogP contribution in [-0.4, -0.2) is 93.0 Å². The Kier molecular flexibility index (Phi) is 6.86. The Bertz CT molecular complexity index is 1350. The molecule has 0 radical (unpaired) electrons. The third-order valence-electron chi connectivity index (χ3n) is 6.93. The van der Waals surface area contributed by atoms with Crippen LogP contribution >= 0.6 is 11.6 Å². The first-order chi connectivity index (χ1) is 17.5. The maximum absolute atomic E-state index is 14.5. The number of carbonyl (C=O) groups is 2. The lowest BCUT2D eigenvalue weighted by molar-refractivity contribution is -0.222. The molecule has 4 heterocycles. The minimum Gasteiger partial charge on any atom is -0.427 e. The third-order valence-corrected chi connectivity index (χ3v) is 7.14. The summed E-state index contributed by atoms with van der Waals surface area (Å²) in [4.78, 5) is 37.6. The molecule has 0 saturated carbocycles. The van der Waals surface area contributed by atoms with Crippen molar-refractivity contribution in [3.63, 3.8) is 0 Å². The van der Waals surface area contributed by atoms with Crippen molar-refractivity contribution >= 4 is 50.9 Å². The Balaban J connectivity index is 1.40. The van der Waals surface area contributed by atoms with E-state index >= 15 is 0 Å². The van der Waals surface area contributed by atoms with Crippen LogP contribution in [0, 0.1) is 5.82 Å². The number of rotatable bonds is 4. The van der Waals surface area contributed by atoms with Gasteiger partial charge in [-0.25, -0.2) is 4.39 Å². The van der Waals surface area contributed by atoms with Crippen LogP contribution in [0.25, 0.3) is 21.8 Å². The van der Waals surface area contributed by atoms with E-state index in [2.05, 4.69) is 20.0 Å². The fourth-order valence-corrected chi connectivity index (χ4v) is 5.59. The zero-order valence-electron chi connectivity index (χ0n) is 21.3. The van der Waals surface area contributed by atoms with Crippen molar-refractivity contribution in [2.45, 2.75) is 51.5 Å². The molecule has 198 valence electrons. The Morgan fingerprint density at radius 3 is 2.73 bits per heavy atom. The van der Waals surface area contributed by atoms with E-state index in [1.807, 2.05) is 32.6 Å². The minimum atomic E-state index is -0.648. The topological polar surface area (TPSA) is 103 Å². The van der Waals surface area contributed by atoms with Gasteiger partial charge in [-0.1, -0.05) is 11.6 Å². The standard InChI is InChI=1S/C26H31ClFN5O4/c1-14-9-32(10-15(2)37-14)22(34)11-33-13-26(3,4)36-12-21(33)25(35)31-19-6-16(27)5-17-23-18(28)7-29-8-20(23)30-24(17)19/h5-8,14-15,21,30H,9-13H2,1-4H3,(H,31,35)/p+1/t14-,15+,21?. The van der Waals surface area contributed by atoms with Gasteiger partial charge in [0.05, 0.1) is 54.4 Å². The molecule has 5 rings (SSSR count).